The Morgan fingerprint density at radius 1 is 1.31 bits per heavy atom. The normalized spacial score (nSPS) is 14.8. The predicted molar refractivity (Wildman–Crippen MR) is 114 cm³/mol. The number of rotatable bonds is 4. The number of aromatic nitrogens is 6. The van der Waals surface area contributed by atoms with E-state index in [2.05, 4.69) is 36.4 Å². The number of hydrogen-bond donors (Lipinski definition) is 2. The van der Waals surface area contributed by atoms with E-state index in [9.17, 15) is 9.59 Å². The van der Waals surface area contributed by atoms with Crippen molar-refractivity contribution in [3.8, 4) is 17.5 Å². The van der Waals surface area contributed by atoms with Gasteiger partial charge < -0.3 is 15.2 Å². The molecule has 5 rings (SSSR count). The summed E-state index contributed by atoms with van der Waals surface area (Å²) >= 11 is 0. The standard InChI is InChI=1S/C21H19N9O2/c1-11(21(32)30-9-12(6-22)10-30)26-20(31)13-7-24-19-16(13)27-14(8-25-19)17-18-15(29(2)28-17)4-3-5-23-18/h3-5,7-8,11-12H,9-10H2,1-2H3,(H,24,25)(H,26,31). The second kappa shape index (κ2) is 7.42. The Balaban J connectivity index is 1.42. The fourth-order valence-electron chi connectivity index (χ4n) is 3.79. The maximum atomic E-state index is 12.9. The SMILES string of the molecule is CC(NC(=O)c1c[nH]c2ncc(-c3nn(C)c4cccnc34)nc12)C(=O)N1CC(C#N)C1. The molecule has 2 amide bonds. The number of fused-ring (bicyclic) bond motifs is 2. The second-order valence-electron chi connectivity index (χ2n) is 7.76. The first-order valence-electron chi connectivity index (χ1n) is 10.1. The summed E-state index contributed by atoms with van der Waals surface area (Å²) in [5.74, 6) is -0.797. The topological polar surface area (TPSA) is 145 Å². The molecule has 0 bridgehead atoms. The zero-order valence-corrected chi connectivity index (χ0v) is 17.4. The molecule has 1 unspecified atom stereocenters. The molecule has 0 aromatic carbocycles. The minimum atomic E-state index is -0.729. The lowest BCUT2D eigenvalue weighted by Gasteiger charge is -2.37. The Hall–Kier alpha value is -4.33. The van der Waals surface area contributed by atoms with E-state index in [0.29, 0.717) is 41.2 Å². The fourth-order valence-corrected chi connectivity index (χ4v) is 3.79. The number of aryl methyl sites for hydroxylation is 1. The number of nitriles is 1. The molecule has 32 heavy (non-hydrogen) atoms. The van der Waals surface area contributed by atoms with Crippen molar-refractivity contribution in [1.29, 1.82) is 5.26 Å². The predicted octanol–water partition coefficient (Wildman–Crippen LogP) is 1.01. The van der Waals surface area contributed by atoms with Crippen molar-refractivity contribution in [2.45, 2.75) is 13.0 Å². The largest absolute Gasteiger partial charge is 0.344 e. The lowest BCUT2D eigenvalue weighted by molar-refractivity contribution is -0.137. The Kier molecular flexibility index (Phi) is 4.55. The Morgan fingerprint density at radius 3 is 2.91 bits per heavy atom. The number of carbonyl (C=O) groups is 2. The molecule has 0 aliphatic carbocycles. The first kappa shape index (κ1) is 19.6. The Bertz CT molecular complexity index is 1410. The van der Waals surface area contributed by atoms with Gasteiger partial charge in [0.25, 0.3) is 5.91 Å². The van der Waals surface area contributed by atoms with Crippen molar-refractivity contribution < 1.29 is 9.59 Å². The van der Waals surface area contributed by atoms with Crippen molar-refractivity contribution in [2.75, 3.05) is 13.1 Å². The highest BCUT2D eigenvalue weighted by molar-refractivity contribution is 6.06. The van der Waals surface area contributed by atoms with Gasteiger partial charge in [-0.15, -0.1) is 0 Å². The van der Waals surface area contributed by atoms with Crippen molar-refractivity contribution in [3.05, 3.63) is 36.3 Å². The first-order valence-corrected chi connectivity index (χ1v) is 10.1. The summed E-state index contributed by atoms with van der Waals surface area (Å²) in [4.78, 5) is 43.3. The monoisotopic (exact) mass is 429 g/mol. The van der Waals surface area contributed by atoms with E-state index in [-0.39, 0.29) is 17.4 Å². The molecule has 1 saturated heterocycles. The van der Waals surface area contributed by atoms with Crippen LogP contribution in [0.3, 0.4) is 0 Å². The number of likely N-dealkylation sites (tertiary alicyclic amines) is 1. The number of hydrogen-bond acceptors (Lipinski definition) is 7. The van der Waals surface area contributed by atoms with Gasteiger partial charge in [0.1, 0.15) is 28.5 Å². The van der Waals surface area contributed by atoms with Gasteiger partial charge >= 0.3 is 0 Å². The zero-order chi connectivity index (χ0) is 22.4. The maximum Gasteiger partial charge on any atom is 0.255 e. The third-order valence-corrected chi connectivity index (χ3v) is 5.57. The summed E-state index contributed by atoms with van der Waals surface area (Å²) in [6.07, 6.45) is 4.79. The van der Waals surface area contributed by atoms with Crippen LogP contribution in [0.2, 0.25) is 0 Å². The molecule has 1 aliphatic heterocycles. The van der Waals surface area contributed by atoms with E-state index in [1.807, 2.05) is 19.2 Å². The van der Waals surface area contributed by atoms with Gasteiger partial charge in [0.15, 0.2) is 5.65 Å². The van der Waals surface area contributed by atoms with Crippen LogP contribution in [0.1, 0.15) is 17.3 Å². The van der Waals surface area contributed by atoms with Crippen LogP contribution in [0.15, 0.2) is 30.7 Å². The molecule has 4 aromatic rings. The van der Waals surface area contributed by atoms with E-state index in [1.54, 1.807) is 28.9 Å². The lowest BCUT2D eigenvalue weighted by atomic mass is 10.0. The van der Waals surface area contributed by atoms with Crippen molar-refractivity contribution >= 4 is 34.0 Å². The molecular weight excluding hydrogens is 410 g/mol. The molecule has 0 radical (unpaired) electrons. The molecule has 5 heterocycles. The van der Waals surface area contributed by atoms with Gasteiger partial charge in [-0.3, -0.25) is 19.3 Å². The third kappa shape index (κ3) is 3.13. The molecule has 2 N–H and O–H groups in total. The van der Waals surface area contributed by atoms with Crippen LogP contribution >= 0.6 is 0 Å². The van der Waals surface area contributed by atoms with Gasteiger partial charge in [-0.05, 0) is 19.1 Å². The average Bonchev–Trinajstić information content (AvgIpc) is 3.34. The molecule has 160 valence electrons. The number of aromatic amines is 1. The number of carbonyl (C=O) groups excluding carboxylic acids is 2. The summed E-state index contributed by atoms with van der Waals surface area (Å²) in [5.41, 5.74) is 3.71. The maximum absolute atomic E-state index is 12.9. The molecule has 4 aromatic heterocycles. The van der Waals surface area contributed by atoms with Gasteiger partial charge in [-0.2, -0.15) is 10.4 Å². The van der Waals surface area contributed by atoms with E-state index in [1.165, 1.54) is 6.20 Å². The van der Waals surface area contributed by atoms with Crippen LogP contribution in [0, 0.1) is 17.2 Å². The molecule has 1 atom stereocenters. The number of nitrogens with zero attached hydrogens (tertiary/aromatic N) is 7. The van der Waals surface area contributed by atoms with Gasteiger partial charge in [0.2, 0.25) is 5.91 Å². The number of nitrogens with one attached hydrogen (secondary N) is 2. The second-order valence-corrected chi connectivity index (χ2v) is 7.76. The molecule has 1 aliphatic rings. The Morgan fingerprint density at radius 2 is 2.12 bits per heavy atom. The highest BCUT2D eigenvalue weighted by Crippen LogP contribution is 2.26. The number of H-pyrrole nitrogens is 1. The van der Waals surface area contributed by atoms with Crippen LogP contribution in [0.5, 0.6) is 0 Å². The third-order valence-electron chi connectivity index (χ3n) is 5.57. The first-order chi connectivity index (χ1) is 15.5. The summed E-state index contributed by atoms with van der Waals surface area (Å²) in [5, 5.41) is 16.1. The van der Waals surface area contributed by atoms with Gasteiger partial charge in [0.05, 0.1) is 29.3 Å². The van der Waals surface area contributed by atoms with E-state index < -0.39 is 11.9 Å². The summed E-state index contributed by atoms with van der Waals surface area (Å²) < 4.78 is 1.72. The van der Waals surface area contributed by atoms with Crippen molar-refractivity contribution in [3.63, 3.8) is 0 Å². The molecule has 0 spiro atoms. The zero-order valence-electron chi connectivity index (χ0n) is 17.4. The van der Waals surface area contributed by atoms with Gasteiger partial charge in [-0.1, -0.05) is 0 Å². The van der Waals surface area contributed by atoms with Crippen molar-refractivity contribution in [1.82, 2.24) is 39.9 Å². The Labute approximate surface area is 182 Å². The van der Waals surface area contributed by atoms with E-state index in [4.69, 9.17) is 5.26 Å². The van der Waals surface area contributed by atoms with Crippen LogP contribution in [0.25, 0.3) is 33.6 Å². The summed E-state index contributed by atoms with van der Waals surface area (Å²) in [6, 6.07) is 5.14. The van der Waals surface area contributed by atoms with Gasteiger partial charge in [-0.25, -0.2) is 9.97 Å². The minimum Gasteiger partial charge on any atom is -0.344 e. The van der Waals surface area contributed by atoms with Crippen LogP contribution < -0.4 is 5.32 Å². The van der Waals surface area contributed by atoms with Crippen molar-refractivity contribution in [2.24, 2.45) is 13.0 Å². The fraction of sp³-hybridized carbons (Fsp3) is 0.286. The molecule has 11 heteroatoms. The quantitative estimate of drug-likeness (QED) is 0.492. The smallest absolute Gasteiger partial charge is 0.255 e. The number of pyridine rings is 1. The molecule has 0 saturated carbocycles. The van der Waals surface area contributed by atoms with E-state index in [0.717, 1.165) is 5.52 Å². The number of amides is 2. The molecular formula is C21H19N9O2. The molecule has 11 nitrogen and oxygen atoms in total. The van der Waals surface area contributed by atoms with Crippen LogP contribution in [-0.4, -0.2) is 65.6 Å². The average molecular weight is 429 g/mol. The summed E-state index contributed by atoms with van der Waals surface area (Å²) in [7, 11) is 1.82. The summed E-state index contributed by atoms with van der Waals surface area (Å²) in [6.45, 7) is 2.41. The highest BCUT2D eigenvalue weighted by Gasteiger charge is 2.33. The van der Waals surface area contributed by atoms with E-state index >= 15 is 0 Å². The highest BCUT2D eigenvalue weighted by atomic mass is 16.2. The van der Waals surface area contributed by atoms with Gasteiger partial charge in [0, 0.05) is 32.5 Å². The molecule has 1 fully saturated rings. The van der Waals surface area contributed by atoms with Crippen LogP contribution in [0.4, 0.5) is 0 Å². The lowest BCUT2D eigenvalue weighted by Crippen LogP contribution is -2.55. The van der Waals surface area contributed by atoms with Crippen LogP contribution in [-0.2, 0) is 11.8 Å². The minimum absolute atomic E-state index is 0.138.